The molecule has 0 saturated carbocycles. The molecule has 0 saturated heterocycles. The summed E-state index contributed by atoms with van der Waals surface area (Å²) in [5.74, 6) is -2.16. The third-order valence-electron chi connectivity index (χ3n) is 5.42. The summed E-state index contributed by atoms with van der Waals surface area (Å²) in [6.45, 7) is 6.80. The highest BCUT2D eigenvalue weighted by molar-refractivity contribution is 7.91. The molecule has 0 aliphatic carbocycles. The van der Waals surface area contributed by atoms with Crippen LogP contribution in [0.5, 0.6) is 5.75 Å². The van der Waals surface area contributed by atoms with Gasteiger partial charge in [0.2, 0.25) is 0 Å². The highest BCUT2D eigenvalue weighted by Crippen LogP contribution is 2.34. The van der Waals surface area contributed by atoms with Crippen molar-refractivity contribution in [1.29, 1.82) is 0 Å². The molecule has 3 aromatic rings. The smallest absolute Gasteiger partial charge is 0.320 e. The molecule has 10 nitrogen and oxygen atoms in total. The number of ether oxygens (including phenoxy) is 2. The number of rotatable bonds is 10. The molecule has 0 unspecified atom stereocenters. The molecular formula is C26H31FN4O6S. The Labute approximate surface area is 220 Å². The van der Waals surface area contributed by atoms with Crippen molar-refractivity contribution in [1.82, 2.24) is 10.3 Å². The van der Waals surface area contributed by atoms with Gasteiger partial charge in [-0.05, 0) is 57.5 Å². The number of sulfone groups is 1. The Bertz CT molecular complexity index is 1490. The molecule has 4 N–H and O–H groups in total. The summed E-state index contributed by atoms with van der Waals surface area (Å²) in [5, 5.41) is 6.17. The van der Waals surface area contributed by atoms with Gasteiger partial charge in [-0.25, -0.2) is 12.8 Å². The van der Waals surface area contributed by atoms with Crippen LogP contribution in [0.25, 0.3) is 10.9 Å². The Morgan fingerprint density at radius 2 is 1.87 bits per heavy atom. The Morgan fingerprint density at radius 1 is 1.16 bits per heavy atom. The Hall–Kier alpha value is -3.77. The maximum absolute atomic E-state index is 13.9. The fourth-order valence-electron chi connectivity index (χ4n) is 3.72. The van der Waals surface area contributed by atoms with Gasteiger partial charge in [0.05, 0.1) is 41.1 Å². The van der Waals surface area contributed by atoms with Crippen LogP contribution in [-0.2, 0) is 19.4 Å². The minimum absolute atomic E-state index is 0.00438. The summed E-state index contributed by atoms with van der Waals surface area (Å²) < 4.78 is 50.5. The van der Waals surface area contributed by atoms with Gasteiger partial charge >= 0.3 is 5.97 Å². The van der Waals surface area contributed by atoms with E-state index in [0.29, 0.717) is 22.2 Å². The van der Waals surface area contributed by atoms with Crippen molar-refractivity contribution in [2.75, 3.05) is 31.3 Å². The average molecular weight is 547 g/mol. The molecule has 0 fully saturated rings. The number of aryl methyl sites for hydroxylation is 1. The number of carbonyl (C=O) groups excluding carboxylic acids is 2. The average Bonchev–Trinajstić information content (AvgIpc) is 2.82. The number of benzene rings is 2. The fourth-order valence-corrected chi connectivity index (χ4v) is 5.02. The van der Waals surface area contributed by atoms with Crippen LogP contribution in [0.2, 0.25) is 0 Å². The lowest BCUT2D eigenvalue weighted by Gasteiger charge is -2.19. The van der Waals surface area contributed by atoms with Crippen LogP contribution in [0.1, 0.15) is 36.7 Å². The Morgan fingerprint density at radius 3 is 2.50 bits per heavy atom. The number of nitrogens with one attached hydrogen (secondary N) is 2. The molecule has 1 amide bonds. The highest BCUT2D eigenvalue weighted by Gasteiger charge is 2.21. The van der Waals surface area contributed by atoms with E-state index in [2.05, 4.69) is 15.6 Å². The standard InChI is InChI=1S/C26H31FN4O6S/c1-15-10-17(38(34,35)9-8-29-14-22(32)37-26(2,3)4)12-18-23(15)30-13-19(25(28)33)24(18)31-16-6-7-20(27)21(11-16)36-5/h6-7,10-13,29H,8-9,14H2,1-5H3,(H2,28,33)(H,30,31). The molecule has 1 heterocycles. The molecule has 12 heteroatoms. The summed E-state index contributed by atoms with van der Waals surface area (Å²) in [6.07, 6.45) is 1.30. The maximum atomic E-state index is 13.9. The predicted octanol–water partition coefficient (Wildman–Crippen LogP) is 3.24. The minimum atomic E-state index is -3.80. The normalized spacial score (nSPS) is 11.8. The number of primary amides is 1. The van der Waals surface area contributed by atoms with E-state index >= 15 is 0 Å². The van der Waals surface area contributed by atoms with Gasteiger partial charge in [-0.2, -0.15) is 0 Å². The van der Waals surface area contributed by atoms with E-state index in [4.69, 9.17) is 15.2 Å². The van der Waals surface area contributed by atoms with Crippen LogP contribution in [-0.4, -0.2) is 56.8 Å². The topological polar surface area (TPSA) is 150 Å². The van der Waals surface area contributed by atoms with E-state index in [9.17, 15) is 22.4 Å². The van der Waals surface area contributed by atoms with E-state index in [1.165, 1.54) is 43.6 Å². The molecular weight excluding hydrogens is 515 g/mol. The second kappa shape index (κ2) is 11.3. The van der Waals surface area contributed by atoms with Crippen molar-refractivity contribution < 1.29 is 31.9 Å². The van der Waals surface area contributed by atoms with Crippen LogP contribution in [0.15, 0.2) is 41.4 Å². The van der Waals surface area contributed by atoms with E-state index < -0.39 is 33.1 Å². The lowest BCUT2D eigenvalue weighted by Crippen LogP contribution is -2.33. The SMILES string of the molecule is COc1cc(Nc2c(C(N)=O)cnc3c(C)cc(S(=O)(=O)CCNCC(=O)OC(C)(C)C)cc23)ccc1F. The zero-order valence-electron chi connectivity index (χ0n) is 21.8. The van der Waals surface area contributed by atoms with Gasteiger partial charge in [-0.1, -0.05) is 0 Å². The molecule has 0 radical (unpaired) electrons. The molecule has 0 bridgehead atoms. The quantitative estimate of drug-likeness (QED) is 0.257. The number of nitrogens with zero attached hydrogens (tertiary/aromatic N) is 1. The Kier molecular flexibility index (Phi) is 8.58. The molecule has 204 valence electrons. The van der Waals surface area contributed by atoms with E-state index in [0.717, 1.165) is 0 Å². The largest absolute Gasteiger partial charge is 0.494 e. The summed E-state index contributed by atoms with van der Waals surface area (Å²) >= 11 is 0. The van der Waals surface area contributed by atoms with Crippen molar-refractivity contribution in [3.8, 4) is 5.75 Å². The highest BCUT2D eigenvalue weighted by atomic mass is 32.2. The van der Waals surface area contributed by atoms with Crippen molar-refractivity contribution in [2.24, 2.45) is 5.73 Å². The van der Waals surface area contributed by atoms with Crippen LogP contribution in [0, 0.1) is 12.7 Å². The van der Waals surface area contributed by atoms with Gasteiger partial charge in [-0.3, -0.25) is 14.6 Å². The summed E-state index contributed by atoms with van der Waals surface area (Å²) in [5.41, 5.74) is 6.57. The molecule has 0 aliphatic heterocycles. The first-order chi connectivity index (χ1) is 17.7. The molecule has 38 heavy (non-hydrogen) atoms. The number of nitrogens with two attached hydrogens (primary N) is 1. The number of halogens is 1. The van der Waals surface area contributed by atoms with Crippen LogP contribution < -0.4 is 21.1 Å². The first-order valence-electron chi connectivity index (χ1n) is 11.7. The second-order valence-corrected chi connectivity index (χ2v) is 11.7. The summed E-state index contributed by atoms with van der Waals surface area (Å²) in [7, 11) is -2.48. The molecule has 0 atom stereocenters. The van der Waals surface area contributed by atoms with Gasteiger partial charge in [0, 0.05) is 29.9 Å². The number of aromatic nitrogens is 1. The van der Waals surface area contributed by atoms with Crippen LogP contribution >= 0.6 is 0 Å². The zero-order chi connectivity index (χ0) is 28.3. The number of carbonyl (C=O) groups is 2. The number of fused-ring (bicyclic) bond motifs is 1. The van der Waals surface area contributed by atoms with Gasteiger partial charge in [0.25, 0.3) is 5.91 Å². The third kappa shape index (κ3) is 6.95. The number of amides is 1. The monoisotopic (exact) mass is 546 g/mol. The zero-order valence-corrected chi connectivity index (χ0v) is 22.7. The predicted molar refractivity (Wildman–Crippen MR) is 142 cm³/mol. The van der Waals surface area contributed by atoms with E-state index in [-0.39, 0.29) is 40.7 Å². The van der Waals surface area contributed by atoms with Crippen molar-refractivity contribution in [3.63, 3.8) is 0 Å². The van der Waals surface area contributed by atoms with Gasteiger partial charge in [0.1, 0.15) is 5.60 Å². The second-order valence-electron chi connectivity index (χ2n) is 9.60. The van der Waals surface area contributed by atoms with E-state index in [1.54, 1.807) is 27.7 Å². The first kappa shape index (κ1) is 28.8. The lowest BCUT2D eigenvalue weighted by molar-refractivity contribution is -0.153. The van der Waals surface area contributed by atoms with E-state index in [1.807, 2.05) is 0 Å². The number of hydrogen-bond donors (Lipinski definition) is 3. The Balaban J connectivity index is 1.95. The fraction of sp³-hybridized carbons (Fsp3) is 0.346. The number of esters is 1. The minimum Gasteiger partial charge on any atom is -0.494 e. The van der Waals surface area contributed by atoms with Crippen molar-refractivity contribution in [3.05, 3.63) is 53.5 Å². The molecule has 1 aromatic heterocycles. The van der Waals surface area contributed by atoms with Crippen molar-refractivity contribution in [2.45, 2.75) is 38.2 Å². The van der Waals surface area contributed by atoms with Crippen LogP contribution in [0.3, 0.4) is 0 Å². The number of anilines is 2. The van der Waals surface area contributed by atoms with Crippen molar-refractivity contribution >= 4 is 44.0 Å². The summed E-state index contributed by atoms with van der Waals surface area (Å²) in [6, 6.07) is 6.94. The lowest BCUT2D eigenvalue weighted by atomic mass is 10.1. The number of pyridine rings is 1. The number of methoxy groups -OCH3 is 1. The van der Waals surface area contributed by atoms with Gasteiger partial charge in [-0.15, -0.1) is 0 Å². The first-order valence-corrected chi connectivity index (χ1v) is 13.4. The van der Waals surface area contributed by atoms with Crippen LogP contribution in [0.4, 0.5) is 15.8 Å². The number of hydrogen-bond acceptors (Lipinski definition) is 9. The summed E-state index contributed by atoms with van der Waals surface area (Å²) in [4.78, 5) is 28.4. The molecule has 0 spiro atoms. The van der Waals surface area contributed by atoms with Gasteiger partial charge in [0.15, 0.2) is 21.4 Å². The third-order valence-corrected chi connectivity index (χ3v) is 7.11. The van der Waals surface area contributed by atoms with Gasteiger partial charge < -0.3 is 25.8 Å². The maximum Gasteiger partial charge on any atom is 0.320 e. The molecule has 0 aliphatic rings. The molecule has 2 aromatic carbocycles. The molecule has 3 rings (SSSR count).